The lowest BCUT2D eigenvalue weighted by Gasteiger charge is -2.09. The summed E-state index contributed by atoms with van der Waals surface area (Å²) in [5.41, 5.74) is 2.26. The first-order chi connectivity index (χ1) is 9.74. The highest BCUT2D eigenvalue weighted by Gasteiger charge is 2.12. The predicted octanol–water partition coefficient (Wildman–Crippen LogP) is 2.06. The van der Waals surface area contributed by atoms with E-state index in [1.807, 2.05) is 31.3 Å². The number of benzene rings is 1. The molecule has 5 heteroatoms. The van der Waals surface area contributed by atoms with Gasteiger partial charge in [-0.3, -0.25) is 4.79 Å². The number of carbonyl (C=O) groups excluding carboxylic acids is 1. The maximum Gasteiger partial charge on any atom is 0.261 e. The van der Waals surface area contributed by atoms with Crippen LogP contribution in [0.3, 0.4) is 0 Å². The van der Waals surface area contributed by atoms with E-state index in [4.69, 9.17) is 4.74 Å². The normalized spacial score (nSPS) is 10.1. The molecular weight excluding hydrogens is 254 g/mol. The molecule has 1 amide bonds. The van der Waals surface area contributed by atoms with E-state index in [1.165, 1.54) is 7.11 Å². The fourth-order valence-corrected chi connectivity index (χ4v) is 1.89. The lowest BCUT2D eigenvalue weighted by atomic mass is 10.2. The molecule has 0 bridgehead atoms. The average molecular weight is 271 g/mol. The van der Waals surface area contributed by atoms with E-state index in [0.29, 0.717) is 11.4 Å². The van der Waals surface area contributed by atoms with Crippen molar-refractivity contribution in [1.82, 2.24) is 10.3 Å². The molecule has 2 rings (SSSR count). The van der Waals surface area contributed by atoms with Gasteiger partial charge in [0.2, 0.25) is 5.88 Å². The van der Waals surface area contributed by atoms with Crippen LogP contribution in [-0.2, 0) is 6.54 Å². The predicted molar refractivity (Wildman–Crippen MR) is 77.9 cm³/mol. The number of ether oxygens (including phenoxy) is 1. The van der Waals surface area contributed by atoms with Crippen LogP contribution in [0.1, 0.15) is 15.9 Å². The van der Waals surface area contributed by atoms with Crippen molar-refractivity contribution in [2.24, 2.45) is 0 Å². The van der Waals surface area contributed by atoms with Crippen LogP contribution >= 0.6 is 0 Å². The number of methoxy groups -OCH3 is 1. The Kier molecular flexibility index (Phi) is 4.68. The number of aromatic nitrogens is 1. The van der Waals surface area contributed by atoms with Gasteiger partial charge in [0, 0.05) is 18.4 Å². The molecule has 0 saturated heterocycles. The zero-order valence-electron chi connectivity index (χ0n) is 11.5. The number of anilines is 1. The van der Waals surface area contributed by atoms with Crippen LogP contribution in [0.4, 0.5) is 5.69 Å². The first-order valence-electron chi connectivity index (χ1n) is 6.28. The summed E-state index contributed by atoms with van der Waals surface area (Å²) in [4.78, 5) is 16.2. The van der Waals surface area contributed by atoms with Crippen molar-refractivity contribution in [3.05, 3.63) is 53.7 Å². The molecule has 104 valence electrons. The van der Waals surface area contributed by atoms with E-state index in [0.717, 1.165) is 17.8 Å². The Labute approximate surface area is 118 Å². The van der Waals surface area contributed by atoms with Gasteiger partial charge in [-0.15, -0.1) is 0 Å². The van der Waals surface area contributed by atoms with Crippen LogP contribution in [0, 0.1) is 0 Å². The number of amides is 1. The molecule has 0 unspecified atom stereocenters. The van der Waals surface area contributed by atoms with Gasteiger partial charge in [0.1, 0.15) is 5.56 Å². The molecule has 0 aliphatic rings. The highest BCUT2D eigenvalue weighted by molar-refractivity contribution is 6.05. The molecule has 20 heavy (non-hydrogen) atoms. The molecule has 0 aliphatic heterocycles. The van der Waals surface area contributed by atoms with Crippen LogP contribution in [-0.4, -0.2) is 25.0 Å². The molecule has 1 aromatic heterocycles. The van der Waals surface area contributed by atoms with Gasteiger partial charge in [-0.25, -0.2) is 4.98 Å². The minimum atomic E-state index is -0.239. The van der Waals surface area contributed by atoms with Gasteiger partial charge in [0.05, 0.1) is 7.11 Å². The molecule has 0 saturated carbocycles. The number of carbonyl (C=O) groups is 1. The van der Waals surface area contributed by atoms with Crippen LogP contribution in [0.25, 0.3) is 0 Å². The molecule has 2 aromatic rings. The van der Waals surface area contributed by atoms with E-state index in [1.54, 1.807) is 18.3 Å². The summed E-state index contributed by atoms with van der Waals surface area (Å²) >= 11 is 0. The first kappa shape index (κ1) is 14.0. The number of hydrogen-bond acceptors (Lipinski definition) is 4. The Morgan fingerprint density at radius 2 is 2.15 bits per heavy atom. The highest BCUT2D eigenvalue weighted by atomic mass is 16.5. The third-order valence-electron chi connectivity index (χ3n) is 2.77. The number of nitrogens with one attached hydrogen (secondary N) is 2. The van der Waals surface area contributed by atoms with E-state index in [2.05, 4.69) is 15.6 Å². The van der Waals surface area contributed by atoms with Crippen LogP contribution in [0.5, 0.6) is 5.88 Å². The molecule has 5 nitrogen and oxygen atoms in total. The molecule has 0 spiro atoms. The molecule has 1 aromatic carbocycles. The average Bonchev–Trinajstić information content (AvgIpc) is 2.48. The second kappa shape index (κ2) is 6.68. The molecule has 0 radical (unpaired) electrons. The molecule has 1 heterocycles. The Balaban J connectivity index is 2.17. The van der Waals surface area contributed by atoms with Crippen molar-refractivity contribution in [2.75, 3.05) is 19.5 Å². The third-order valence-corrected chi connectivity index (χ3v) is 2.77. The van der Waals surface area contributed by atoms with Crippen LogP contribution in [0.2, 0.25) is 0 Å². The number of nitrogens with zero attached hydrogens (tertiary/aromatic N) is 1. The Morgan fingerprint density at radius 1 is 1.30 bits per heavy atom. The molecular formula is C15H17N3O2. The van der Waals surface area contributed by atoms with E-state index < -0.39 is 0 Å². The molecule has 2 N–H and O–H groups in total. The zero-order chi connectivity index (χ0) is 14.4. The second-order valence-corrected chi connectivity index (χ2v) is 4.25. The lowest BCUT2D eigenvalue weighted by Crippen LogP contribution is -2.14. The van der Waals surface area contributed by atoms with Crippen molar-refractivity contribution in [2.45, 2.75) is 6.54 Å². The fraction of sp³-hybridized carbons (Fsp3) is 0.200. The summed E-state index contributed by atoms with van der Waals surface area (Å²) in [6, 6.07) is 11.1. The van der Waals surface area contributed by atoms with Gasteiger partial charge in [-0.2, -0.15) is 0 Å². The lowest BCUT2D eigenvalue weighted by molar-refractivity contribution is 0.102. The summed E-state index contributed by atoms with van der Waals surface area (Å²) in [7, 11) is 3.37. The fourth-order valence-electron chi connectivity index (χ4n) is 1.89. The maximum absolute atomic E-state index is 12.2. The summed E-state index contributed by atoms with van der Waals surface area (Å²) in [5, 5.41) is 5.92. The largest absolute Gasteiger partial charge is 0.480 e. The standard InChI is InChI=1S/C15H17N3O2/c1-16-10-11-5-3-6-12(9-11)18-14(19)13-7-4-8-17-15(13)20-2/h3-9,16H,10H2,1-2H3,(H,18,19). The van der Waals surface area contributed by atoms with Crippen molar-refractivity contribution >= 4 is 11.6 Å². The minimum Gasteiger partial charge on any atom is -0.480 e. The Hall–Kier alpha value is -2.40. The smallest absolute Gasteiger partial charge is 0.261 e. The minimum absolute atomic E-state index is 0.239. The zero-order valence-corrected chi connectivity index (χ0v) is 11.5. The van der Waals surface area contributed by atoms with E-state index in [-0.39, 0.29) is 5.91 Å². The molecule has 0 fully saturated rings. The van der Waals surface area contributed by atoms with Gasteiger partial charge in [-0.05, 0) is 36.9 Å². The van der Waals surface area contributed by atoms with Crippen LogP contribution in [0.15, 0.2) is 42.6 Å². The maximum atomic E-state index is 12.2. The molecule has 0 atom stereocenters. The van der Waals surface area contributed by atoms with Gasteiger partial charge in [0.25, 0.3) is 5.91 Å². The summed E-state index contributed by atoms with van der Waals surface area (Å²) in [6.45, 7) is 0.750. The Bertz CT molecular complexity index is 599. The van der Waals surface area contributed by atoms with Crippen LogP contribution < -0.4 is 15.4 Å². The summed E-state index contributed by atoms with van der Waals surface area (Å²) < 4.78 is 5.08. The first-order valence-corrected chi connectivity index (χ1v) is 6.28. The summed E-state index contributed by atoms with van der Waals surface area (Å²) in [5.74, 6) is 0.0768. The van der Waals surface area contributed by atoms with Crippen molar-refractivity contribution in [1.29, 1.82) is 0 Å². The summed E-state index contributed by atoms with van der Waals surface area (Å²) in [6.07, 6.45) is 1.59. The van der Waals surface area contributed by atoms with Gasteiger partial charge in [0.15, 0.2) is 0 Å². The third kappa shape index (κ3) is 3.33. The Morgan fingerprint density at radius 3 is 2.90 bits per heavy atom. The quantitative estimate of drug-likeness (QED) is 0.873. The van der Waals surface area contributed by atoms with Gasteiger partial charge < -0.3 is 15.4 Å². The number of hydrogen-bond donors (Lipinski definition) is 2. The van der Waals surface area contributed by atoms with E-state index >= 15 is 0 Å². The SMILES string of the molecule is CNCc1cccc(NC(=O)c2cccnc2OC)c1. The monoisotopic (exact) mass is 271 g/mol. The molecule has 0 aliphatic carbocycles. The topological polar surface area (TPSA) is 63.2 Å². The van der Waals surface area contributed by atoms with Crippen molar-refractivity contribution in [3.8, 4) is 5.88 Å². The van der Waals surface area contributed by atoms with E-state index in [9.17, 15) is 4.79 Å². The van der Waals surface area contributed by atoms with Crippen molar-refractivity contribution in [3.63, 3.8) is 0 Å². The van der Waals surface area contributed by atoms with Gasteiger partial charge in [-0.1, -0.05) is 12.1 Å². The number of pyridine rings is 1. The van der Waals surface area contributed by atoms with Gasteiger partial charge >= 0.3 is 0 Å². The number of rotatable bonds is 5. The van der Waals surface area contributed by atoms with Crippen molar-refractivity contribution < 1.29 is 9.53 Å². The highest BCUT2D eigenvalue weighted by Crippen LogP contribution is 2.17. The second-order valence-electron chi connectivity index (χ2n) is 4.25.